The molecule has 1 aromatic rings. The van der Waals surface area contributed by atoms with Gasteiger partial charge in [-0.3, -0.25) is 0 Å². The number of halogens is 2. The van der Waals surface area contributed by atoms with E-state index >= 15 is 0 Å². The van der Waals surface area contributed by atoms with Gasteiger partial charge in [0.05, 0.1) is 6.26 Å². The Kier molecular flexibility index (Phi) is 4.41. The second-order valence-electron chi connectivity index (χ2n) is 2.00. The fourth-order valence-electron chi connectivity index (χ4n) is 0.666. The summed E-state index contributed by atoms with van der Waals surface area (Å²) >= 11 is 10.6. The van der Waals surface area contributed by atoms with Gasteiger partial charge in [-0.15, -0.1) is 11.6 Å². The molecule has 11 heavy (non-hydrogen) atoms. The first kappa shape index (κ1) is 9.49. The van der Waals surface area contributed by atoms with Crippen LogP contribution in [0.5, 0.6) is 0 Å². The minimum Gasteiger partial charge on any atom is -0.457 e. The third-order valence-electron chi connectivity index (χ3n) is 1.11. The van der Waals surface area contributed by atoms with Crippen molar-refractivity contribution >= 4 is 39.3 Å². The topological polar surface area (TPSA) is 13.1 Å². The number of furan rings is 1. The fourth-order valence-corrected chi connectivity index (χ4v) is 2.02. The van der Waals surface area contributed by atoms with Gasteiger partial charge in [0.1, 0.15) is 0 Å². The standard InChI is InChI=1S/C7H8BrClOS/c8-7-3-6(4-10-7)5-11-2-1-9/h3-4H,1-2,5H2. The van der Waals surface area contributed by atoms with Gasteiger partial charge in [0.25, 0.3) is 0 Å². The van der Waals surface area contributed by atoms with E-state index in [4.69, 9.17) is 16.0 Å². The van der Waals surface area contributed by atoms with Crippen molar-refractivity contribution in [1.29, 1.82) is 0 Å². The van der Waals surface area contributed by atoms with E-state index in [1.54, 1.807) is 18.0 Å². The van der Waals surface area contributed by atoms with Gasteiger partial charge in [0.15, 0.2) is 4.67 Å². The quantitative estimate of drug-likeness (QED) is 0.603. The number of rotatable bonds is 4. The molecule has 0 aliphatic rings. The molecule has 0 aromatic carbocycles. The van der Waals surface area contributed by atoms with Crippen LogP contribution in [0.4, 0.5) is 0 Å². The van der Waals surface area contributed by atoms with Gasteiger partial charge in [0.2, 0.25) is 0 Å². The highest BCUT2D eigenvalue weighted by molar-refractivity contribution is 9.10. The molecule has 1 rings (SSSR count). The molecule has 1 aromatic heterocycles. The summed E-state index contributed by atoms with van der Waals surface area (Å²) in [4.78, 5) is 0. The van der Waals surface area contributed by atoms with E-state index in [1.807, 2.05) is 6.07 Å². The molecule has 0 saturated carbocycles. The summed E-state index contributed by atoms with van der Waals surface area (Å²) in [6, 6.07) is 1.97. The van der Waals surface area contributed by atoms with Crippen molar-refractivity contribution in [2.45, 2.75) is 5.75 Å². The lowest BCUT2D eigenvalue weighted by molar-refractivity contribution is 0.539. The van der Waals surface area contributed by atoms with E-state index in [0.29, 0.717) is 5.88 Å². The number of hydrogen-bond donors (Lipinski definition) is 0. The largest absolute Gasteiger partial charge is 0.457 e. The van der Waals surface area contributed by atoms with E-state index in [0.717, 1.165) is 16.2 Å². The van der Waals surface area contributed by atoms with Crippen LogP contribution in [0.3, 0.4) is 0 Å². The summed E-state index contributed by atoms with van der Waals surface area (Å²) in [6.45, 7) is 0. The van der Waals surface area contributed by atoms with Crippen molar-refractivity contribution < 1.29 is 4.42 Å². The lowest BCUT2D eigenvalue weighted by Crippen LogP contribution is -1.80. The third-order valence-corrected chi connectivity index (χ3v) is 2.97. The molecule has 0 saturated heterocycles. The summed E-state index contributed by atoms with van der Waals surface area (Å²) in [6.07, 6.45) is 1.76. The van der Waals surface area contributed by atoms with Crippen molar-refractivity contribution in [1.82, 2.24) is 0 Å². The van der Waals surface area contributed by atoms with Crippen molar-refractivity contribution in [2.24, 2.45) is 0 Å². The molecular formula is C7H8BrClOS. The molecule has 1 nitrogen and oxygen atoms in total. The van der Waals surface area contributed by atoms with Crippen LogP contribution in [0.25, 0.3) is 0 Å². The smallest absolute Gasteiger partial charge is 0.169 e. The van der Waals surface area contributed by atoms with Crippen molar-refractivity contribution in [3.8, 4) is 0 Å². The SMILES string of the molecule is ClCCSCc1coc(Br)c1. The summed E-state index contributed by atoms with van der Waals surface area (Å²) in [5.74, 6) is 2.68. The maximum Gasteiger partial charge on any atom is 0.169 e. The highest BCUT2D eigenvalue weighted by atomic mass is 79.9. The van der Waals surface area contributed by atoms with Gasteiger partial charge in [-0.25, -0.2) is 0 Å². The third kappa shape index (κ3) is 3.54. The van der Waals surface area contributed by atoms with Gasteiger partial charge in [-0.1, -0.05) is 0 Å². The van der Waals surface area contributed by atoms with E-state index in [9.17, 15) is 0 Å². The molecule has 4 heteroatoms. The van der Waals surface area contributed by atoms with Crippen molar-refractivity contribution in [3.05, 3.63) is 22.6 Å². The van der Waals surface area contributed by atoms with Gasteiger partial charge >= 0.3 is 0 Å². The Bertz CT molecular complexity index is 214. The maximum absolute atomic E-state index is 5.52. The summed E-state index contributed by atoms with van der Waals surface area (Å²) < 4.78 is 5.86. The van der Waals surface area contributed by atoms with Crippen LogP contribution in [-0.2, 0) is 5.75 Å². The van der Waals surface area contributed by atoms with Crippen molar-refractivity contribution in [2.75, 3.05) is 11.6 Å². The Morgan fingerprint density at radius 2 is 2.45 bits per heavy atom. The van der Waals surface area contributed by atoms with Crippen LogP contribution in [0.2, 0.25) is 0 Å². The molecule has 0 fully saturated rings. The zero-order valence-electron chi connectivity index (χ0n) is 5.85. The monoisotopic (exact) mass is 254 g/mol. The van der Waals surface area contributed by atoms with E-state index in [2.05, 4.69) is 15.9 Å². The summed E-state index contributed by atoms with van der Waals surface area (Å²) in [5, 5.41) is 0. The lowest BCUT2D eigenvalue weighted by Gasteiger charge is -1.92. The van der Waals surface area contributed by atoms with Gasteiger partial charge < -0.3 is 4.42 Å². The predicted molar refractivity (Wildman–Crippen MR) is 53.3 cm³/mol. The van der Waals surface area contributed by atoms with Crippen LogP contribution in [0, 0.1) is 0 Å². The Labute approximate surface area is 83.6 Å². The van der Waals surface area contributed by atoms with Crippen LogP contribution in [0.15, 0.2) is 21.4 Å². The predicted octanol–water partition coefficient (Wildman–Crippen LogP) is 3.51. The Morgan fingerprint density at radius 1 is 1.64 bits per heavy atom. The number of alkyl halides is 1. The molecule has 0 aliphatic heterocycles. The molecule has 0 atom stereocenters. The molecule has 0 amide bonds. The minimum absolute atomic E-state index is 0.712. The highest BCUT2D eigenvalue weighted by Crippen LogP contribution is 2.18. The van der Waals surface area contributed by atoms with Gasteiger partial charge in [0, 0.05) is 22.9 Å². The molecule has 0 spiro atoms. The minimum atomic E-state index is 0.712. The molecule has 0 bridgehead atoms. The molecule has 0 radical (unpaired) electrons. The average Bonchev–Trinajstić information content (AvgIpc) is 2.37. The molecule has 0 N–H and O–H groups in total. The van der Waals surface area contributed by atoms with E-state index < -0.39 is 0 Å². The fraction of sp³-hybridized carbons (Fsp3) is 0.429. The molecule has 0 aliphatic carbocycles. The van der Waals surface area contributed by atoms with Crippen LogP contribution < -0.4 is 0 Å². The Hall–Kier alpha value is 0.400. The molecule has 0 unspecified atom stereocenters. The van der Waals surface area contributed by atoms with Crippen molar-refractivity contribution in [3.63, 3.8) is 0 Å². The second-order valence-corrected chi connectivity index (χ2v) is 4.27. The van der Waals surface area contributed by atoms with Gasteiger partial charge in [-0.05, 0) is 22.0 Å². The second kappa shape index (κ2) is 5.12. The Balaban J connectivity index is 2.27. The average molecular weight is 256 g/mol. The zero-order chi connectivity index (χ0) is 8.10. The molecular weight excluding hydrogens is 247 g/mol. The van der Waals surface area contributed by atoms with E-state index in [-0.39, 0.29) is 0 Å². The van der Waals surface area contributed by atoms with Crippen LogP contribution in [-0.4, -0.2) is 11.6 Å². The first-order valence-corrected chi connectivity index (χ1v) is 5.68. The zero-order valence-corrected chi connectivity index (χ0v) is 9.01. The van der Waals surface area contributed by atoms with Gasteiger partial charge in [-0.2, -0.15) is 11.8 Å². The molecule has 1 heterocycles. The summed E-state index contributed by atoms with van der Waals surface area (Å²) in [5.41, 5.74) is 1.20. The maximum atomic E-state index is 5.52. The van der Waals surface area contributed by atoms with Crippen LogP contribution in [0.1, 0.15) is 5.56 Å². The number of hydrogen-bond acceptors (Lipinski definition) is 2. The highest BCUT2D eigenvalue weighted by Gasteiger charge is 1.97. The normalized spacial score (nSPS) is 10.4. The number of thioether (sulfide) groups is 1. The van der Waals surface area contributed by atoms with E-state index in [1.165, 1.54) is 5.56 Å². The Morgan fingerprint density at radius 3 is 3.00 bits per heavy atom. The lowest BCUT2D eigenvalue weighted by atomic mass is 10.4. The first-order valence-electron chi connectivity index (χ1n) is 3.19. The molecule has 62 valence electrons. The first-order chi connectivity index (χ1) is 5.33. The van der Waals surface area contributed by atoms with Crippen LogP contribution >= 0.6 is 39.3 Å². The summed E-state index contributed by atoms with van der Waals surface area (Å²) in [7, 11) is 0.